The van der Waals surface area contributed by atoms with Crippen molar-refractivity contribution in [2.45, 2.75) is 26.7 Å². The zero-order valence-electron chi connectivity index (χ0n) is 11.8. The van der Waals surface area contributed by atoms with Gasteiger partial charge in [-0.1, -0.05) is 6.07 Å². The van der Waals surface area contributed by atoms with Crippen LogP contribution in [0.4, 0.5) is 10.7 Å². The van der Waals surface area contributed by atoms with Crippen molar-refractivity contribution in [1.29, 1.82) is 0 Å². The van der Waals surface area contributed by atoms with Gasteiger partial charge >= 0.3 is 0 Å². The number of thiophene rings is 1. The van der Waals surface area contributed by atoms with Crippen LogP contribution in [0.3, 0.4) is 0 Å². The van der Waals surface area contributed by atoms with Gasteiger partial charge < -0.3 is 10.6 Å². The molecule has 1 amide bonds. The van der Waals surface area contributed by atoms with Crippen molar-refractivity contribution in [3.05, 3.63) is 34.7 Å². The van der Waals surface area contributed by atoms with Gasteiger partial charge in [-0.3, -0.25) is 4.79 Å². The summed E-state index contributed by atoms with van der Waals surface area (Å²) in [5, 5.41) is 0.863. The van der Waals surface area contributed by atoms with Crippen LogP contribution in [0.25, 0.3) is 11.1 Å². The van der Waals surface area contributed by atoms with Crippen molar-refractivity contribution in [2.75, 3.05) is 17.2 Å². The molecule has 104 valence electrons. The van der Waals surface area contributed by atoms with E-state index in [1.165, 1.54) is 10.4 Å². The van der Waals surface area contributed by atoms with Crippen LogP contribution in [0.5, 0.6) is 0 Å². The van der Waals surface area contributed by atoms with Gasteiger partial charge in [-0.25, -0.2) is 0 Å². The predicted octanol–water partition coefficient (Wildman–Crippen LogP) is 3.60. The molecule has 3 nitrogen and oxygen atoms in total. The average molecular weight is 286 g/mol. The van der Waals surface area contributed by atoms with Gasteiger partial charge in [0, 0.05) is 29.6 Å². The molecule has 0 spiro atoms. The normalized spacial score (nSPS) is 14.2. The molecule has 0 saturated heterocycles. The summed E-state index contributed by atoms with van der Waals surface area (Å²) in [5.74, 6) is 0.115. The summed E-state index contributed by atoms with van der Waals surface area (Å²) < 4.78 is 0. The zero-order chi connectivity index (χ0) is 14.3. The highest BCUT2D eigenvalue weighted by molar-refractivity contribution is 7.16. The second kappa shape index (κ2) is 4.94. The first-order chi connectivity index (χ1) is 9.56. The average Bonchev–Trinajstić information content (AvgIpc) is 2.76. The quantitative estimate of drug-likeness (QED) is 0.870. The first-order valence-corrected chi connectivity index (χ1v) is 7.65. The second-order valence-corrected chi connectivity index (χ2v) is 6.54. The van der Waals surface area contributed by atoms with Gasteiger partial charge in [-0.15, -0.1) is 11.3 Å². The van der Waals surface area contributed by atoms with E-state index in [4.69, 9.17) is 5.73 Å². The minimum Gasteiger partial charge on any atom is -0.390 e. The Hall–Kier alpha value is -1.81. The smallest absolute Gasteiger partial charge is 0.223 e. The minimum atomic E-state index is 0.115. The van der Waals surface area contributed by atoms with Gasteiger partial charge in [-0.2, -0.15) is 0 Å². The molecule has 1 aromatic heterocycles. The maximum atomic E-state index is 11.7. The number of carbonyl (C=O) groups excluding carboxylic acids is 1. The van der Waals surface area contributed by atoms with E-state index in [2.05, 4.69) is 31.2 Å². The molecule has 3 rings (SSSR count). The highest BCUT2D eigenvalue weighted by Gasteiger charge is 2.20. The lowest BCUT2D eigenvalue weighted by atomic mass is 9.97. The molecule has 4 heteroatoms. The lowest BCUT2D eigenvalue weighted by Gasteiger charge is -2.29. The van der Waals surface area contributed by atoms with Gasteiger partial charge in [-0.05, 0) is 49.1 Å². The molecular formula is C16H18N2OS. The molecule has 0 atom stereocenters. The SMILES string of the molecule is CC(=O)N1CCCc2cc(-c3cc(C)sc3N)ccc21. The number of carbonyl (C=O) groups is 1. The Morgan fingerprint density at radius 3 is 2.80 bits per heavy atom. The van der Waals surface area contributed by atoms with E-state index in [0.717, 1.165) is 41.2 Å². The Bertz CT molecular complexity index is 675. The molecule has 20 heavy (non-hydrogen) atoms. The largest absolute Gasteiger partial charge is 0.390 e. The predicted molar refractivity (Wildman–Crippen MR) is 85.3 cm³/mol. The first kappa shape index (κ1) is 13.2. The molecular weight excluding hydrogens is 268 g/mol. The Morgan fingerprint density at radius 2 is 2.15 bits per heavy atom. The van der Waals surface area contributed by atoms with E-state index in [1.54, 1.807) is 18.3 Å². The molecule has 1 aliphatic heterocycles. The molecule has 1 aromatic carbocycles. The van der Waals surface area contributed by atoms with Crippen LogP contribution in [0, 0.1) is 6.92 Å². The highest BCUT2D eigenvalue weighted by Crippen LogP contribution is 2.37. The number of hydrogen-bond donors (Lipinski definition) is 1. The topological polar surface area (TPSA) is 46.3 Å². The molecule has 2 N–H and O–H groups in total. The van der Waals surface area contributed by atoms with Crippen molar-refractivity contribution in [3.8, 4) is 11.1 Å². The fourth-order valence-electron chi connectivity index (χ4n) is 2.85. The van der Waals surface area contributed by atoms with E-state index in [0.29, 0.717) is 0 Å². The van der Waals surface area contributed by atoms with Crippen molar-refractivity contribution in [2.24, 2.45) is 0 Å². The number of anilines is 2. The maximum Gasteiger partial charge on any atom is 0.223 e. The highest BCUT2D eigenvalue weighted by atomic mass is 32.1. The number of hydrogen-bond acceptors (Lipinski definition) is 3. The van der Waals surface area contributed by atoms with Gasteiger partial charge in [0.2, 0.25) is 5.91 Å². The molecule has 2 aromatic rings. The van der Waals surface area contributed by atoms with Crippen LogP contribution >= 0.6 is 11.3 Å². The van der Waals surface area contributed by atoms with Crippen LogP contribution in [0.15, 0.2) is 24.3 Å². The Kier molecular flexibility index (Phi) is 3.26. The minimum absolute atomic E-state index is 0.115. The van der Waals surface area contributed by atoms with Gasteiger partial charge in [0.15, 0.2) is 0 Å². The van der Waals surface area contributed by atoms with Crippen molar-refractivity contribution >= 4 is 27.9 Å². The molecule has 0 fully saturated rings. The number of nitrogens with two attached hydrogens (primary N) is 1. The van der Waals surface area contributed by atoms with E-state index in [9.17, 15) is 4.79 Å². The van der Waals surface area contributed by atoms with E-state index in [-0.39, 0.29) is 5.91 Å². The maximum absolute atomic E-state index is 11.7. The number of fused-ring (bicyclic) bond motifs is 1. The third-order valence-electron chi connectivity index (χ3n) is 3.77. The van der Waals surface area contributed by atoms with Gasteiger partial charge in [0.05, 0.1) is 5.00 Å². The van der Waals surface area contributed by atoms with Gasteiger partial charge in [0.25, 0.3) is 0 Å². The number of aryl methyl sites for hydroxylation is 2. The van der Waals surface area contributed by atoms with Crippen LogP contribution in [-0.4, -0.2) is 12.5 Å². The number of nitrogen functional groups attached to an aromatic ring is 1. The summed E-state index contributed by atoms with van der Waals surface area (Å²) in [6, 6.07) is 8.44. The van der Waals surface area contributed by atoms with Crippen LogP contribution in [-0.2, 0) is 11.2 Å². The van der Waals surface area contributed by atoms with Gasteiger partial charge in [0.1, 0.15) is 0 Å². The zero-order valence-corrected chi connectivity index (χ0v) is 12.6. The van der Waals surface area contributed by atoms with Crippen LogP contribution in [0.1, 0.15) is 23.8 Å². The van der Waals surface area contributed by atoms with E-state index in [1.807, 2.05) is 4.90 Å². The van der Waals surface area contributed by atoms with Crippen LogP contribution in [0.2, 0.25) is 0 Å². The Morgan fingerprint density at radius 1 is 1.35 bits per heavy atom. The van der Waals surface area contributed by atoms with E-state index >= 15 is 0 Å². The number of amides is 1. The monoisotopic (exact) mass is 286 g/mol. The standard InChI is InChI=1S/C16H18N2OS/c1-10-8-14(16(17)20-10)12-5-6-15-13(9-12)4-3-7-18(15)11(2)19/h5-6,8-9H,3-4,7,17H2,1-2H3. The molecule has 0 radical (unpaired) electrons. The molecule has 0 unspecified atom stereocenters. The third-order valence-corrected chi connectivity index (χ3v) is 4.65. The Balaban J connectivity index is 2.05. The molecule has 0 saturated carbocycles. The summed E-state index contributed by atoms with van der Waals surface area (Å²) in [7, 11) is 0. The van der Waals surface area contributed by atoms with Crippen molar-refractivity contribution < 1.29 is 4.79 Å². The Labute approximate surface area is 123 Å². The lowest BCUT2D eigenvalue weighted by molar-refractivity contribution is -0.116. The number of nitrogens with zero attached hydrogens (tertiary/aromatic N) is 1. The summed E-state index contributed by atoms with van der Waals surface area (Å²) in [4.78, 5) is 14.8. The van der Waals surface area contributed by atoms with E-state index < -0.39 is 0 Å². The molecule has 2 heterocycles. The fraction of sp³-hybridized carbons (Fsp3) is 0.312. The van der Waals surface area contributed by atoms with Crippen molar-refractivity contribution in [1.82, 2.24) is 0 Å². The molecule has 0 aliphatic carbocycles. The number of benzene rings is 1. The number of rotatable bonds is 1. The van der Waals surface area contributed by atoms with Crippen molar-refractivity contribution in [3.63, 3.8) is 0 Å². The first-order valence-electron chi connectivity index (χ1n) is 6.83. The second-order valence-electron chi connectivity index (χ2n) is 5.25. The summed E-state index contributed by atoms with van der Waals surface area (Å²) in [5.41, 5.74) is 10.6. The molecule has 0 bridgehead atoms. The lowest BCUT2D eigenvalue weighted by Crippen LogP contribution is -2.33. The third kappa shape index (κ3) is 2.20. The summed E-state index contributed by atoms with van der Waals surface area (Å²) >= 11 is 1.62. The van der Waals surface area contributed by atoms with Crippen LogP contribution < -0.4 is 10.6 Å². The molecule has 1 aliphatic rings. The summed E-state index contributed by atoms with van der Waals surface area (Å²) in [6.07, 6.45) is 2.05. The summed E-state index contributed by atoms with van der Waals surface area (Å²) in [6.45, 7) is 4.52. The fourth-order valence-corrected chi connectivity index (χ4v) is 3.66.